The summed E-state index contributed by atoms with van der Waals surface area (Å²) in [6, 6.07) is 2.05. The van der Waals surface area contributed by atoms with Gasteiger partial charge >= 0.3 is 0 Å². The summed E-state index contributed by atoms with van der Waals surface area (Å²) in [4.78, 5) is 2.47. The van der Waals surface area contributed by atoms with Gasteiger partial charge in [0.25, 0.3) is 0 Å². The van der Waals surface area contributed by atoms with Gasteiger partial charge in [0, 0.05) is 32.9 Å². The number of morpholine rings is 1. The van der Waals surface area contributed by atoms with Gasteiger partial charge in [-0.25, -0.2) is 0 Å². The Morgan fingerprint density at radius 1 is 1.32 bits per heavy atom. The summed E-state index contributed by atoms with van der Waals surface area (Å²) < 4.78 is 7.23. The lowest BCUT2D eigenvalue weighted by Gasteiger charge is -2.26. The highest BCUT2D eigenvalue weighted by Gasteiger charge is 2.08. The molecule has 1 aromatic heterocycles. The van der Waals surface area contributed by atoms with Gasteiger partial charge in [0.1, 0.15) is 0 Å². The fourth-order valence-corrected chi connectivity index (χ4v) is 2.04. The zero-order valence-corrected chi connectivity index (χ0v) is 13.0. The van der Waals surface area contributed by atoms with Crippen molar-refractivity contribution in [2.75, 3.05) is 39.4 Å². The summed E-state index contributed by atoms with van der Waals surface area (Å²) in [5.74, 6) is 0. The molecule has 7 heteroatoms. The first-order chi connectivity index (χ1) is 8.36. The molecule has 1 saturated heterocycles. The Morgan fingerprint density at radius 2 is 2.05 bits per heavy atom. The van der Waals surface area contributed by atoms with Gasteiger partial charge in [-0.1, -0.05) is 0 Å². The summed E-state index contributed by atoms with van der Waals surface area (Å²) >= 11 is 0. The molecule has 0 spiro atoms. The van der Waals surface area contributed by atoms with Gasteiger partial charge in [-0.3, -0.25) is 9.58 Å². The van der Waals surface area contributed by atoms with Crippen LogP contribution in [-0.2, 0) is 18.3 Å². The predicted octanol–water partition coefficient (Wildman–Crippen LogP) is 1.08. The van der Waals surface area contributed by atoms with Crippen molar-refractivity contribution < 1.29 is 4.74 Å². The molecule has 0 aliphatic carbocycles. The minimum absolute atomic E-state index is 0. The number of halogens is 2. The van der Waals surface area contributed by atoms with E-state index in [0.29, 0.717) is 0 Å². The van der Waals surface area contributed by atoms with Crippen LogP contribution in [0.15, 0.2) is 12.3 Å². The Kier molecular flexibility index (Phi) is 10.3. The first-order valence-electron chi connectivity index (χ1n) is 6.34. The molecule has 0 amide bonds. The van der Waals surface area contributed by atoms with Crippen molar-refractivity contribution in [2.24, 2.45) is 7.05 Å². The number of hydrogen-bond acceptors (Lipinski definition) is 4. The molecule has 2 rings (SSSR count). The highest BCUT2D eigenvalue weighted by Crippen LogP contribution is 1.98. The highest BCUT2D eigenvalue weighted by molar-refractivity contribution is 5.85. The van der Waals surface area contributed by atoms with Gasteiger partial charge in [0.2, 0.25) is 0 Å². The van der Waals surface area contributed by atoms with Crippen LogP contribution in [0.3, 0.4) is 0 Å². The van der Waals surface area contributed by atoms with Gasteiger partial charge in [-0.2, -0.15) is 5.10 Å². The molecular weight excluding hydrogens is 287 g/mol. The van der Waals surface area contributed by atoms with Crippen LogP contribution in [0.4, 0.5) is 0 Å². The van der Waals surface area contributed by atoms with Crippen molar-refractivity contribution in [3.05, 3.63) is 18.0 Å². The van der Waals surface area contributed by atoms with Crippen molar-refractivity contribution >= 4 is 24.8 Å². The lowest BCUT2D eigenvalue weighted by Crippen LogP contribution is -2.37. The lowest BCUT2D eigenvalue weighted by atomic mass is 10.3. The third-order valence-electron chi connectivity index (χ3n) is 3.16. The summed E-state index contributed by atoms with van der Waals surface area (Å²) in [6.07, 6.45) is 3.03. The molecule has 1 aliphatic rings. The molecule has 1 aromatic rings. The van der Waals surface area contributed by atoms with Gasteiger partial charge in [0.05, 0.1) is 18.9 Å². The van der Waals surface area contributed by atoms with Crippen LogP contribution in [0.25, 0.3) is 0 Å². The molecule has 1 aliphatic heterocycles. The van der Waals surface area contributed by atoms with E-state index in [1.807, 2.05) is 17.9 Å². The molecule has 5 nitrogen and oxygen atoms in total. The lowest BCUT2D eigenvalue weighted by molar-refractivity contribution is 0.0374. The third-order valence-corrected chi connectivity index (χ3v) is 3.16. The summed E-state index contributed by atoms with van der Waals surface area (Å²) in [5.41, 5.74) is 1.23. The van der Waals surface area contributed by atoms with Crippen LogP contribution >= 0.6 is 24.8 Å². The number of aryl methyl sites for hydroxylation is 1. The average Bonchev–Trinajstić information content (AvgIpc) is 2.76. The molecule has 0 unspecified atom stereocenters. The van der Waals surface area contributed by atoms with Crippen LogP contribution in [-0.4, -0.2) is 54.1 Å². The molecule has 19 heavy (non-hydrogen) atoms. The Bertz CT molecular complexity index is 329. The molecule has 2 heterocycles. The van der Waals surface area contributed by atoms with E-state index >= 15 is 0 Å². The minimum atomic E-state index is 0. The standard InChI is InChI=1S/C12H22N4O.2ClH/c1-15-12(3-5-14-15)11-13-4-2-6-16-7-9-17-10-8-16;;/h3,5,13H,2,4,6-11H2,1H3;2*1H. The Hall–Kier alpha value is -0.330. The number of nitrogens with zero attached hydrogens (tertiary/aromatic N) is 3. The zero-order chi connectivity index (χ0) is 11.9. The molecule has 1 N–H and O–H groups in total. The van der Waals surface area contributed by atoms with Crippen LogP contribution < -0.4 is 5.32 Å². The van der Waals surface area contributed by atoms with Crippen molar-refractivity contribution in [3.8, 4) is 0 Å². The van der Waals surface area contributed by atoms with Gasteiger partial charge in [-0.15, -0.1) is 24.8 Å². The second-order valence-electron chi connectivity index (χ2n) is 4.43. The molecular formula is C12H24Cl2N4O. The minimum Gasteiger partial charge on any atom is -0.379 e. The maximum atomic E-state index is 5.32. The van der Waals surface area contributed by atoms with Crippen molar-refractivity contribution in [1.82, 2.24) is 20.0 Å². The van der Waals surface area contributed by atoms with Gasteiger partial charge in [-0.05, 0) is 25.6 Å². The van der Waals surface area contributed by atoms with E-state index in [1.165, 1.54) is 18.7 Å². The number of hydrogen-bond donors (Lipinski definition) is 1. The van der Waals surface area contributed by atoms with Crippen molar-refractivity contribution in [3.63, 3.8) is 0 Å². The fraction of sp³-hybridized carbons (Fsp3) is 0.750. The maximum absolute atomic E-state index is 5.32. The largest absolute Gasteiger partial charge is 0.379 e. The van der Waals surface area contributed by atoms with Crippen LogP contribution in [0.2, 0.25) is 0 Å². The highest BCUT2D eigenvalue weighted by atomic mass is 35.5. The molecule has 0 radical (unpaired) electrons. The van der Waals surface area contributed by atoms with Crippen LogP contribution in [0, 0.1) is 0 Å². The second-order valence-corrected chi connectivity index (χ2v) is 4.43. The number of aromatic nitrogens is 2. The summed E-state index contributed by atoms with van der Waals surface area (Å²) in [5, 5.41) is 7.59. The Balaban J connectivity index is 0.00000162. The second kappa shape index (κ2) is 10.5. The third kappa shape index (κ3) is 6.58. The Morgan fingerprint density at radius 3 is 2.68 bits per heavy atom. The van der Waals surface area contributed by atoms with Crippen molar-refractivity contribution in [1.29, 1.82) is 0 Å². The summed E-state index contributed by atoms with van der Waals surface area (Å²) in [6.45, 7) is 7.08. The van der Waals surface area contributed by atoms with E-state index in [0.717, 1.165) is 39.4 Å². The quantitative estimate of drug-likeness (QED) is 0.798. The molecule has 0 atom stereocenters. The zero-order valence-electron chi connectivity index (χ0n) is 11.4. The smallest absolute Gasteiger partial charge is 0.0594 e. The van der Waals surface area contributed by atoms with E-state index in [-0.39, 0.29) is 24.8 Å². The molecule has 0 aromatic carbocycles. The van der Waals surface area contributed by atoms with Gasteiger partial charge < -0.3 is 10.1 Å². The average molecular weight is 311 g/mol. The molecule has 0 saturated carbocycles. The molecule has 1 fully saturated rings. The van der Waals surface area contributed by atoms with Crippen molar-refractivity contribution in [2.45, 2.75) is 13.0 Å². The topological polar surface area (TPSA) is 42.3 Å². The monoisotopic (exact) mass is 310 g/mol. The SMILES string of the molecule is Cl.Cl.Cn1nccc1CNCCCN1CCOCC1. The molecule has 112 valence electrons. The van der Waals surface area contributed by atoms with E-state index in [4.69, 9.17) is 4.74 Å². The van der Waals surface area contributed by atoms with Crippen LogP contribution in [0.5, 0.6) is 0 Å². The van der Waals surface area contributed by atoms with Gasteiger partial charge in [0.15, 0.2) is 0 Å². The normalized spacial score (nSPS) is 15.6. The number of rotatable bonds is 6. The number of nitrogens with one attached hydrogen (secondary N) is 1. The van der Waals surface area contributed by atoms with E-state index in [2.05, 4.69) is 21.4 Å². The van der Waals surface area contributed by atoms with E-state index < -0.39 is 0 Å². The summed E-state index contributed by atoms with van der Waals surface area (Å²) in [7, 11) is 1.98. The van der Waals surface area contributed by atoms with Crippen LogP contribution in [0.1, 0.15) is 12.1 Å². The Labute approximate surface area is 127 Å². The predicted molar refractivity (Wildman–Crippen MR) is 81.3 cm³/mol. The first kappa shape index (κ1) is 18.7. The first-order valence-corrected chi connectivity index (χ1v) is 6.34. The maximum Gasteiger partial charge on any atom is 0.0594 e. The van der Waals surface area contributed by atoms with E-state index in [9.17, 15) is 0 Å². The fourth-order valence-electron chi connectivity index (χ4n) is 2.04. The number of ether oxygens (including phenoxy) is 1. The molecule has 0 bridgehead atoms. The van der Waals surface area contributed by atoms with E-state index in [1.54, 1.807) is 0 Å².